The van der Waals surface area contributed by atoms with Crippen LogP contribution in [0.1, 0.15) is 72.4 Å². The number of aromatic nitrogens is 4. The van der Waals surface area contributed by atoms with Crippen molar-refractivity contribution in [1.29, 1.82) is 0 Å². The Bertz CT molecular complexity index is 1450. The Morgan fingerprint density at radius 2 is 1.86 bits per heavy atom. The summed E-state index contributed by atoms with van der Waals surface area (Å²) >= 11 is 0. The first-order valence-electron chi connectivity index (χ1n) is 12.9. The van der Waals surface area contributed by atoms with Gasteiger partial charge in [0.1, 0.15) is 17.5 Å². The molecule has 0 bridgehead atoms. The molecule has 1 amide bonds. The Morgan fingerprint density at radius 3 is 2.59 bits per heavy atom. The van der Waals surface area contributed by atoms with Crippen LogP contribution >= 0.6 is 0 Å². The Morgan fingerprint density at radius 1 is 1.00 bits per heavy atom. The van der Waals surface area contributed by atoms with E-state index in [4.69, 9.17) is 4.98 Å². The summed E-state index contributed by atoms with van der Waals surface area (Å²) in [7, 11) is 1.82. The topological polar surface area (TPSA) is 66.8 Å². The molecule has 1 N–H and O–H groups in total. The monoisotopic (exact) mass is 501 g/mol. The van der Waals surface area contributed by atoms with Gasteiger partial charge in [0.2, 0.25) is 0 Å². The molecule has 3 heterocycles. The number of piperidine rings is 1. The lowest BCUT2D eigenvalue weighted by atomic mass is 9.81. The van der Waals surface area contributed by atoms with Crippen molar-refractivity contribution < 1.29 is 13.6 Å². The van der Waals surface area contributed by atoms with E-state index in [-0.39, 0.29) is 23.3 Å². The minimum Gasteiger partial charge on any atom is -0.343 e. The fraction of sp³-hybridized carbons (Fsp3) is 0.345. The van der Waals surface area contributed by atoms with E-state index in [1.807, 2.05) is 19.3 Å². The minimum absolute atomic E-state index is 0.0457. The van der Waals surface area contributed by atoms with Gasteiger partial charge in [-0.25, -0.2) is 13.8 Å². The van der Waals surface area contributed by atoms with E-state index in [2.05, 4.69) is 10.1 Å². The molecule has 2 aliphatic rings. The predicted octanol–water partition coefficient (Wildman–Crippen LogP) is 6.39. The molecule has 6 rings (SSSR count). The number of imidazole rings is 1. The summed E-state index contributed by atoms with van der Waals surface area (Å²) in [5, 5.41) is 4.19. The van der Waals surface area contributed by atoms with Crippen molar-refractivity contribution >= 4 is 5.91 Å². The summed E-state index contributed by atoms with van der Waals surface area (Å²) in [5.41, 5.74) is 4.10. The number of nitrogens with zero attached hydrogens (tertiary/aromatic N) is 4. The van der Waals surface area contributed by atoms with Gasteiger partial charge in [-0.15, -0.1) is 0 Å². The van der Waals surface area contributed by atoms with Gasteiger partial charge in [-0.3, -0.25) is 9.48 Å². The van der Waals surface area contributed by atoms with Crippen molar-refractivity contribution in [2.75, 3.05) is 6.54 Å². The second kappa shape index (κ2) is 9.57. The van der Waals surface area contributed by atoms with Crippen molar-refractivity contribution in [2.45, 2.75) is 50.5 Å². The number of H-pyrrole nitrogens is 1. The second-order valence-electron chi connectivity index (χ2n) is 10.1. The molecule has 37 heavy (non-hydrogen) atoms. The van der Waals surface area contributed by atoms with E-state index in [1.165, 1.54) is 18.2 Å². The largest absolute Gasteiger partial charge is 0.343 e. The third-order valence-corrected chi connectivity index (χ3v) is 7.68. The maximum atomic E-state index is 15.0. The van der Waals surface area contributed by atoms with Crippen molar-refractivity contribution in [3.63, 3.8) is 0 Å². The molecular formula is C29H29F2N5O. The number of carbonyl (C=O) groups is 1. The molecule has 1 unspecified atom stereocenters. The molecule has 1 aliphatic heterocycles. The molecule has 8 heteroatoms. The summed E-state index contributed by atoms with van der Waals surface area (Å²) in [4.78, 5) is 24.0. The molecule has 1 aliphatic carbocycles. The Balaban J connectivity index is 1.36. The van der Waals surface area contributed by atoms with Crippen LogP contribution in [0.4, 0.5) is 8.78 Å². The number of rotatable bonds is 5. The van der Waals surface area contributed by atoms with Crippen LogP contribution in [0.25, 0.3) is 22.4 Å². The average Bonchev–Trinajstić information content (AvgIpc) is 3.50. The van der Waals surface area contributed by atoms with Crippen LogP contribution in [-0.4, -0.2) is 37.1 Å². The first kappa shape index (κ1) is 23.6. The fourth-order valence-corrected chi connectivity index (χ4v) is 5.46. The van der Waals surface area contributed by atoms with Crippen LogP contribution in [-0.2, 0) is 7.05 Å². The summed E-state index contributed by atoms with van der Waals surface area (Å²) < 4.78 is 30.7. The number of hydrogen-bond acceptors (Lipinski definition) is 3. The van der Waals surface area contributed by atoms with E-state index >= 15 is 0 Å². The third kappa shape index (κ3) is 4.45. The highest BCUT2D eigenvalue weighted by molar-refractivity contribution is 5.96. The summed E-state index contributed by atoms with van der Waals surface area (Å²) in [6.45, 7) is 0.523. The van der Waals surface area contributed by atoms with Gasteiger partial charge in [-0.2, -0.15) is 5.10 Å². The molecule has 0 spiro atoms. The lowest BCUT2D eigenvalue weighted by Gasteiger charge is -2.35. The molecule has 6 nitrogen and oxygen atoms in total. The highest BCUT2D eigenvalue weighted by atomic mass is 19.1. The van der Waals surface area contributed by atoms with Gasteiger partial charge in [0.25, 0.3) is 5.91 Å². The number of halogens is 2. The van der Waals surface area contributed by atoms with Gasteiger partial charge in [0.15, 0.2) is 0 Å². The maximum absolute atomic E-state index is 15.0. The summed E-state index contributed by atoms with van der Waals surface area (Å²) in [6, 6.07) is 10.8. The minimum atomic E-state index is -0.544. The molecule has 0 radical (unpaired) electrons. The molecule has 4 aromatic rings. The Kier molecular flexibility index (Phi) is 6.10. The van der Waals surface area contributed by atoms with Crippen LogP contribution in [0.2, 0.25) is 0 Å². The van der Waals surface area contributed by atoms with Crippen molar-refractivity contribution in [1.82, 2.24) is 24.6 Å². The standard InChI is InChI=1S/C29H29F2N5O/c1-35-17-21(16-32-35)19-11-12-24(31)23(15-19)29(37)36-13-3-2-10-25(36)28-33-26(18-6-4-7-18)27(34-28)20-8-5-9-22(30)14-20/h5,8-9,11-12,14-18,25H,2-4,6-7,10,13H2,1H3,(H,33,34). The number of hydrogen-bond donors (Lipinski definition) is 1. The van der Waals surface area contributed by atoms with E-state index in [1.54, 1.807) is 34.0 Å². The van der Waals surface area contributed by atoms with Gasteiger partial charge in [0, 0.05) is 42.5 Å². The van der Waals surface area contributed by atoms with E-state index in [0.717, 1.165) is 66.6 Å². The molecule has 2 aromatic carbocycles. The van der Waals surface area contributed by atoms with Crippen molar-refractivity contribution in [2.24, 2.45) is 7.05 Å². The fourth-order valence-electron chi connectivity index (χ4n) is 5.46. The van der Waals surface area contributed by atoms with Gasteiger partial charge in [-0.1, -0.05) is 24.6 Å². The van der Waals surface area contributed by atoms with Crippen molar-refractivity contribution in [3.8, 4) is 22.4 Å². The molecule has 1 atom stereocenters. The normalized spacial score (nSPS) is 18.1. The summed E-state index contributed by atoms with van der Waals surface area (Å²) in [5.74, 6) is -0.155. The second-order valence-corrected chi connectivity index (χ2v) is 10.1. The van der Waals surface area contributed by atoms with Crippen LogP contribution in [0, 0.1) is 11.6 Å². The quantitative estimate of drug-likeness (QED) is 0.345. The SMILES string of the molecule is Cn1cc(-c2ccc(F)c(C(=O)N3CCCCC3c3nc(-c4cccc(F)c4)c(C4CCC4)[nH]3)c2)cn1. The molecule has 190 valence electrons. The number of nitrogens with one attached hydrogen (secondary N) is 1. The van der Waals surface area contributed by atoms with E-state index < -0.39 is 5.82 Å². The molecule has 2 aromatic heterocycles. The lowest BCUT2D eigenvalue weighted by Crippen LogP contribution is -2.39. The first-order chi connectivity index (χ1) is 18.0. The Hall–Kier alpha value is -3.81. The number of likely N-dealkylation sites (tertiary alicyclic amines) is 1. The maximum Gasteiger partial charge on any atom is 0.257 e. The highest BCUT2D eigenvalue weighted by Gasteiger charge is 2.34. The zero-order valence-corrected chi connectivity index (χ0v) is 20.8. The first-order valence-corrected chi connectivity index (χ1v) is 12.9. The van der Waals surface area contributed by atoms with Crippen LogP contribution in [0.15, 0.2) is 54.9 Å². The smallest absolute Gasteiger partial charge is 0.257 e. The van der Waals surface area contributed by atoms with Gasteiger partial charge in [-0.05, 0) is 61.9 Å². The Labute approximate surface area is 214 Å². The van der Waals surface area contributed by atoms with Crippen LogP contribution in [0.3, 0.4) is 0 Å². The van der Waals surface area contributed by atoms with Gasteiger partial charge < -0.3 is 9.88 Å². The number of benzene rings is 2. The van der Waals surface area contributed by atoms with Gasteiger partial charge >= 0.3 is 0 Å². The van der Waals surface area contributed by atoms with Crippen LogP contribution in [0.5, 0.6) is 0 Å². The third-order valence-electron chi connectivity index (χ3n) is 7.68. The lowest BCUT2D eigenvalue weighted by molar-refractivity contribution is 0.0596. The zero-order chi connectivity index (χ0) is 25.5. The predicted molar refractivity (Wildman–Crippen MR) is 137 cm³/mol. The highest BCUT2D eigenvalue weighted by Crippen LogP contribution is 2.42. The van der Waals surface area contributed by atoms with E-state index in [0.29, 0.717) is 18.3 Å². The zero-order valence-electron chi connectivity index (χ0n) is 20.8. The molecular weight excluding hydrogens is 472 g/mol. The number of carbonyl (C=O) groups excluding carboxylic acids is 1. The summed E-state index contributed by atoms with van der Waals surface area (Å²) in [6.07, 6.45) is 9.33. The molecule has 1 saturated carbocycles. The van der Waals surface area contributed by atoms with Gasteiger partial charge in [0.05, 0.1) is 23.5 Å². The molecule has 2 fully saturated rings. The number of aryl methyl sites for hydroxylation is 1. The van der Waals surface area contributed by atoms with E-state index in [9.17, 15) is 13.6 Å². The number of amides is 1. The average molecular weight is 502 g/mol. The van der Waals surface area contributed by atoms with Crippen LogP contribution < -0.4 is 0 Å². The number of aromatic amines is 1. The molecule has 1 saturated heterocycles. The van der Waals surface area contributed by atoms with Crippen molar-refractivity contribution in [3.05, 3.63) is 83.6 Å².